The van der Waals surface area contributed by atoms with Crippen LogP contribution in [-0.2, 0) is 11.9 Å². The fourth-order valence-corrected chi connectivity index (χ4v) is 2.92. The molecule has 106 valence electrons. The molecule has 0 radical (unpaired) electrons. The summed E-state index contributed by atoms with van der Waals surface area (Å²) in [5.74, 6) is 0.717. The van der Waals surface area contributed by atoms with Crippen LogP contribution in [-0.4, -0.2) is 0 Å². The number of hydrogen-bond acceptors (Lipinski definition) is 1. The maximum atomic E-state index is 6.25. The summed E-state index contributed by atoms with van der Waals surface area (Å²) in [5, 5.41) is 3.87. The van der Waals surface area contributed by atoms with Crippen LogP contribution in [0.25, 0.3) is 10.8 Å². The Morgan fingerprint density at radius 1 is 0.952 bits per heavy atom. The summed E-state index contributed by atoms with van der Waals surface area (Å²) in [6.45, 7) is 0.509. The lowest BCUT2D eigenvalue weighted by molar-refractivity contribution is 0.308. The summed E-state index contributed by atoms with van der Waals surface area (Å²) in [6.07, 6.45) is 0. The van der Waals surface area contributed by atoms with Gasteiger partial charge in [-0.25, -0.2) is 0 Å². The van der Waals surface area contributed by atoms with Gasteiger partial charge in [0.05, 0.1) is 5.02 Å². The zero-order chi connectivity index (χ0) is 14.7. The van der Waals surface area contributed by atoms with Crippen molar-refractivity contribution in [3.05, 3.63) is 76.8 Å². The number of hydrogen-bond donors (Lipinski definition) is 0. The molecule has 0 atom stereocenters. The predicted molar refractivity (Wildman–Crippen MR) is 92.4 cm³/mol. The summed E-state index contributed by atoms with van der Waals surface area (Å²) in [4.78, 5) is 0. The fraction of sp³-hybridized carbons (Fsp3) is 0.111. The Hall–Kier alpha value is -1.51. The summed E-state index contributed by atoms with van der Waals surface area (Å²) >= 11 is 9.67. The van der Waals surface area contributed by atoms with Crippen molar-refractivity contribution in [3.8, 4) is 5.75 Å². The summed E-state index contributed by atoms with van der Waals surface area (Å²) in [5.41, 5.74) is 2.30. The third-order valence-electron chi connectivity index (χ3n) is 3.41. The van der Waals surface area contributed by atoms with Crippen LogP contribution in [0.1, 0.15) is 11.1 Å². The van der Waals surface area contributed by atoms with Gasteiger partial charge in [-0.05, 0) is 34.0 Å². The van der Waals surface area contributed by atoms with Crippen molar-refractivity contribution in [2.75, 3.05) is 0 Å². The van der Waals surface area contributed by atoms with E-state index in [2.05, 4.69) is 46.3 Å². The van der Waals surface area contributed by atoms with Crippen LogP contribution in [0.2, 0.25) is 5.02 Å². The van der Waals surface area contributed by atoms with Crippen LogP contribution >= 0.6 is 27.5 Å². The summed E-state index contributed by atoms with van der Waals surface area (Å²) in [7, 11) is 0. The highest BCUT2D eigenvalue weighted by atomic mass is 79.9. The first-order valence-corrected chi connectivity index (χ1v) is 8.21. The minimum atomic E-state index is 0.509. The van der Waals surface area contributed by atoms with Crippen LogP contribution in [0.4, 0.5) is 0 Å². The maximum absolute atomic E-state index is 6.25. The van der Waals surface area contributed by atoms with Gasteiger partial charge in [0.2, 0.25) is 0 Å². The summed E-state index contributed by atoms with van der Waals surface area (Å²) < 4.78 is 5.88. The number of alkyl halides is 1. The van der Waals surface area contributed by atoms with Gasteiger partial charge in [0.1, 0.15) is 12.4 Å². The van der Waals surface area contributed by atoms with E-state index in [1.165, 1.54) is 10.8 Å². The normalized spacial score (nSPS) is 10.8. The SMILES string of the molecule is Clc1cc(CBr)ccc1OCc1cccc2ccccc12. The van der Waals surface area contributed by atoms with Crippen LogP contribution in [0.5, 0.6) is 5.75 Å². The minimum absolute atomic E-state index is 0.509. The van der Waals surface area contributed by atoms with Gasteiger partial charge in [-0.2, -0.15) is 0 Å². The topological polar surface area (TPSA) is 9.23 Å². The van der Waals surface area contributed by atoms with Crippen LogP contribution in [0.3, 0.4) is 0 Å². The summed E-state index contributed by atoms with van der Waals surface area (Å²) in [6, 6.07) is 20.4. The molecule has 0 saturated carbocycles. The molecule has 0 N–H and O–H groups in total. The highest BCUT2D eigenvalue weighted by molar-refractivity contribution is 9.08. The smallest absolute Gasteiger partial charge is 0.138 e. The van der Waals surface area contributed by atoms with E-state index in [-0.39, 0.29) is 0 Å². The zero-order valence-electron chi connectivity index (χ0n) is 11.4. The van der Waals surface area contributed by atoms with Gasteiger partial charge >= 0.3 is 0 Å². The molecule has 3 rings (SSSR count). The Balaban J connectivity index is 1.84. The number of benzene rings is 3. The van der Waals surface area contributed by atoms with Gasteiger partial charge < -0.3 is 4.74 Å². The molecule has 0 fully saturated rings. The van der Waals surface area contributed by atoms with E-state index >= 15 is 0 Å². The van der Waals surface area contributed by atoms with E-state index in [1.807, 2.05) is 30.3 Å². The van der Waals surface area contributed by atoms with Gasteiger partial charge in [0, 0.05) is 5.33 Å². The molecule has 1 nitrogen and oxygen atoms in total. The maximum Gasteiger partial charge on any atom is 0.138 e. The number of ether oxygens (including phenoxy) is 1. The second-order valence-electron chi connectivity index (χ2n) is 4.83. The second-order valence-corrected chi connectivity index (χ2v) is 5.79. The molecule has 0 unspecified atom stereocenters. The largest absolute Gasteiger partial charge is 0.487 e. The average molecular weight is 362 g/mol. The molecule has 0 heterocycles. The lowest BCUT2D eigenvalue weighted by Crippen LogP contribution is -1.97. The molecule has 3 heteroatoms. The molecular weight excluding hydrogens is 348 g/mol. The Bertz CT molecular complexity index is 765. The first kappa shape index (κ1) is 14.4. The molecule has 21 heavy (non-hydrogen) atoms. The third-order valence-corrected chi connectivity index (χ3v) is 4.36. The molecule has 0 aromatic heterocycles. The zero-order valence-corrected chi connectivity index (χ0v) is 13.7. The second kappa shape index (κ2) is 6.50. The Kier molecular flexibility index (Phi) is 4.47. The number of rotatable bonds is 4. The number of halogens is 2. The van der Waals surface area contributed by atoms with Crippen molar-refractivity contribution in [1.29, 1.82) is 0 Å². The Labute approximate surface area is 137 Å². The predicted octanol–water partition coefficient (Wildman–Crippen LogP) is 5.97. The first-order chi connectivity index (χ1) is 10.3. The molecule has 3 aromatic rings. The highest BCUT2D eigenvalue weighted by Gasteiger charge is 2.05. The molecule has 0 aliphatic carbocycles. The molecule has 0 aliphatic heterocycles. The van der Waals surface area contributed by atoms with Crippen molar-refractivity contribution in [1.82, 2.24) is 0 Å². The van der Waals surface area contributed by atoms with E-state index in [1.54, 1.807) is 0 Å². The van der Waals surface area contributed by atoms with Crippen molar-refractivity contribution in [2.24, 2.45) is 0 Å². The third kappa shape index (κ3) is 3.22. The van der Waals surface area contributed by atoms with E-state index in [0.717, 1.165) is 16.5 Å². The fourth-order valence-electron chi connectivity index (χ4n) is 2.32. The van der Waals surface area contributed by atoms with Crippen LogP contribution < -0.4 is 4.74 Å². The van der Waals surface area contributed by atoms with Gasteiger partial charge in [-0.1, -0.05) is 76.1 Å². The van der Waals surface area contributed by atoms with E-state index in [0.29, 0.717) is 17.4 Å². The van der Waals surface area contributed by atoms with Crippen LogP contribution in [0.15, 0.2) is 60.7 Å². The average Bonchev–Trinajstić information content (AvgIpc) is 2.53. The molecule has 0 spiro atoms. The van der Waals surface area contributed by atoms with Crippen LogP contribution in [0, 0.1) is 0 Å². The van der Waals surface area contributed by atoms with Crippen molar-refractivity contribution >= 4 is 38.3 Å². The first-order valence-electron chi connectivity index (χ1n) is 6.72. The van der Waals surface area contributed by atoms with E-state index in [9.17, 15) is 0 Å². The lowest BCUT2D eigenvalue weighted by atomic mass is 10.1. The molecular formula is C18H14BrClO. The standard InChI is InChI=1S/C18H14BrClO/c19-11-13-8-9-18(17(20)10-13)21-12-15-6-3-5-14-4-1-2-7-16(14)15/h1-10H,11-12H2. The van der Waals surface area contributed by atoms with Gasteiger partial charge in [-0.3, -0.25) is 0 Å². The molecule has 0 amide bonds. The van der Waals surface area contributed by atoms with Crippen molar-refractivity contribution in [2.45, 2.75) is 11.9 Å². The van der Waals surface area contributed by atoms with Gasteiger partial charge in [0.15, 0.2) is 0 Å². The highest BCUT2D eigenvalue weighted by Crippen LogP contribution is 2.28. The number of fused-ring (bicyclic) bond motifs is 1. The van der Waals surface area contributed by atoms with Gasteiger partial charge in [0.25, 0.3) is 0 Å². The van der Waals surface area contributed by atoms with Crippen molar-refractivity contribution in [3.63, 3.8) is 0 Å². The Morgan fingerprint density at radius 2 is 1.76 bits per heavy atom. The lowest BCUT2D eigenvalue weighted by Gasteiger charge is -2.11. The quantitative estimate of drug-likeness (QED) is 0.520. The van der Waals surface area contributed by atoms with E-state index < -0.39 is 0 Å². The van der Waals surface area contributed by atoms with E-state index in [4.69, 9.17) is 16.3 Å². The molecule has 0 aliphatic rings. The molecule has 3 aromatic carbocycles. The van der Waals surface area contributed by atoms with Crippen molar-refractivity contribution < 1.29 is 4.74 Å². The molecule has 0 bridgehead atoms. The monoisotopic (exact) mass is 360 g/mol. The van der Waals surface area contributed by atoms with Gasteiger partial charge in [-0.15, -0.1) is 0 Å². The molecule has 0 saturated heterocycles. The minimum Gasteiger partial charge on any atom is -0.487 e. The Morgan fingerprint density at radius 3 is 2.57 bits per heavy atom.